The highest BCUT2D eigenvalue weighted by molar-refractivity contribution is 6.13. The molecule has 4 aromatic rings. The number of aromatic nitrogens is 3. The first-order valence-electron chi connectivity index (χ1n) is 9.31. The fourth-order valence-corrected chi connectivity index (χ4v) is 3.41. The lowest BCUT2D eigenvalue weighted by Gasteiger charge is -2.12. The predicted octanol–water partition coefficient (Wildman–Crippen LogP) is 3.13. The summed E-state index contributed by atoms with van der Waals surface area (Å²) in [6, 6.07) is 16.5. The van der Waals surface area contributed by atoms with Crippen molar-refractivity contribution in [3.05, 3.63) is 65.9 Å². The van der Waals surface area contributed by atoms with Crippen molar-refractivity contribution in [3.63, 3.8) is 0 Å². The Bertz CT molecular complexity index is 1310. The van der Waals surface area contributed by atoms with Gasteiger partial charge >= 0.3 is 11.9 Å². The fraction of sp³-hybridized carbons (Fsp3) is 0.0909. The molecular formula is C22H19N5O4. The number of carbonyl (C=O) groups is 2. The van der Waals surface area contributed by atoms with Gasteiger partial charge in [-0.25, -0.2) is 19.3 Å². The Kier molecular flexibility index (Phi) is 4.78. The molecule has 0 saturated carbocycles. The van der Waals surface area contributed by atoms with Gasteiger partial charge in [-0.3, -0.25) is 0 Å². The topological polar surface area (TPSA) is 135 Å². The number of hydrogen-bond donors (Lipinski definition) is 3. The van der Waals surface area contributed by atoms with E-state index in [1.54, 1.807) is 12.1 Å². The van der Waals surface area contributed by atoms with E-state index in [0.29, 0.717) is 16.9 Å². The van der Waals surface area contributed by atoms with Gasteiger partial charge in [0, 0.05) is 25.3 Å². The summed E-state index contributed by atoms with van der Waals surface area (Å²) in [5.41, 5.74) is 7.71. The van der Waals surface area contributed by atoms with E-state index in [9.17, 15) is 19.8 Å². The number of carboxylic acids is 2. The molecule has 9 heteroatoms. The molecule has 0 spiro atoms. The van der Waals surface area contributed by atoms with E-state index in [1.165, 1.54) is 4.68 Å². The molecule has 156 valence electrons. The molecular weight excluding hydrogens is 398 g/mol. The zero-order valence-electron chi connectivity index (χ0n) is 16.8. The maximum Gasteiger partial charge on any atom is 0.355 e. The normalized spacial score (nSPS) is 10.9. The van der Waals surface area contributed by atoms with Crippen molar-refractivity contribution >= 4 is 34.3 Å². The minimum absolute atomic E-state index is 0.165. The third-order valence-electron chi connectivity index (χ3n) is 4.93. The minimum atomic E-state index is -1.48. The van der Waals surface area contributed by atoms with Crippen LogP contribution < -0.4 is 10.6 Å². The summed E-state index contributed by atoms with van der Waals surface area (Å²) in [6.07, 6.45) is 0. The highest BCUT2D eigenvalue weighted by atomic mass is 16.4. The van der Waals surface area contributed by atoms with Gasteiger partial charge in [0.2, 0.25) is 0 Å². The zero-order valence-corrected chi connectivity index (χ0v) is 16.8. The molecule has 0 aliphatic rings. The average molecular weight is 417 g/mol. The molecule has 0 unspecified atom stereocenters. The zero-order chi connectivity index (χ0) is 22.3. The molecule has 0 radical (unpaired) electrons. The van der Waals surface area contributed by atoms with E-state index >= 15 is 0 Å². The number of rotatable bonds is 5. The van der Waals surface area contributed by atoms with Crippen LogP contribution in [0.2, 0.25) is 0 Å². The quantitative estimate of drug-likeness (QED) is 0.451. The standard InChI is InChI=1S/C22H19N5O4/c1-26(2)13-10-8-12(9-11-13)18-15-17(23)16(21(28)29)19(22(30)31)24-20(15)27(25-18)14-6-4-3-5-7-14/h3-11H,1-2H3,(H2,23,24)(H,28,29)(H,30,31). The SMILES string of the molecule is CN(C)c1ccc(-c2nn(-c3ccccc3)c3nc(C(=O)O)c(C(=O)O)c(N)c23)cc1. The molecule has 0 aliphatic carbocycles. The van der Waals surface area contributed by atoms with Crippen LogP contribution >= 0.6 is 0 Å². The van der Waals surface area contributed by atoms with Gasteiger partial charge in [-0.1, -0.05) is 30.3 Å². The lowest BCUT2D eigenvalue weighted by atomic mass is 10.0. The van der Waals surface area contributed by atoms with Gasteiger partial charge < -0.3 is 20.8 Å². The van der Waals surface area contributed by atoms with E-state index in [-0.39, 0.29) is 16.7 Å². The van der Waals surface area contributed by atoms with Gasteiger partial charge in [0.25, 0.3) is 0 Å². The van der Waals surface area contributed by atoms with Crippen LogP contribution in [0.15, 0.2) is 54.6 Å². The Morgan fingerprint density at radius 2 is 1.61 bits per heavy atom. The number of fused-ring (bicyclic) bond motifs is 1. The molecule has 0 amide bonds. The lowest BCUT2D eigenvalue weighted by Crippen LogP contribution is -2.14. The van der Waals surface area contributed by atoms with Gasteiger partial charge in [0.1, 0.15) is 11.3 Å². The van der Waals surface area contributed by atoms with Crippen LogP contribution in [0.4, 0.5) is 11.4 Å². The predicted molar refractivity (Wildman–Crippen MR) is 117 cm³/mol. The highest BCUT2D eigenvalue weighted by Crippen LogP contribution is 2.36. The first-order chi connectivity index (χ1) is 14.8. The van der Waals surface area contributed by atoms with Crippen molar-refractivity contribution in [1.82, 2.24) is 14.8 Å². The van der Waals surface area contributed by atoms with Crippen LogP contribution in [0.25, 0.3) is 28.0 Å². The van der Waals surface area contributed by atoms with E-state index in [1.807, 2.05) is 61.5 Å². The molecule has 2 aromatic heterocycles. The van der Waals surface area contributed by atoms with Crippen molar-refractivity contribution in [2.75, 3.05) is 24.7 Å². The van der Waals surface area contributed by atoms with Gasteiger partial charge in [-0.2, -0.15) is 5.10 Å². The Morgan fingerprint density at radius 3 is 2.16 bits per heavy atom. The first kappa shape index (κ1) is 19.9. The van der Waals surface area contributed by atoms with Crippen LogP contribution in [-0.4, -0.2) is 51.0 Å². The molecule has 0 saturated heterocycles. The van der Waals surface area contributed by atoms with Crippen molar-refractivity contribution < 1.29 is 19.8 Å². The number of benzene rings is 2. The second-order valence-electron chi connectivity index (χ2n) is 7.10. The molecule has 4 N–H and O–H groups in total. The number of nitrogens with two attached hydrogens (primary N) is 1. The molecule has 0 fully saturated rings. The van der Waals surface area contributed by atoms with E-state index in [2.05, 4.69) is 10.1 Å². The Hall–Kier alpha value is -4.40. The number of nitrogen functional groups attached to an aromatic ring is 1. The number of hydrogen-bond acceptors (Lipinski definition) is 6. The van der Waals surface area contributed by atoms with E-state index in [0.717, 1.165) is 5.69 Å². The number of pyridine rings is 1. The average Bonchev–Trinajstić information content (AvgIpc) is 3.14. The van der Waals surface area contributed by atoms with Gasteiger partial charge in [-0.05, 0) is 24.3 Å². The molecule has 4 rings (SSSR count). The van der Waals surface area contributed by atoms with Gasteiger partial charge in [-0.15, -0.1) is 0 Å². The number of aromatic carboxylic acids is 2. The van der Waals surface area contributed by atoms with Crippen LogP contribution in [-0.2, 0) is 0 Å². The van der Waals surface area contributed by atoms with Crippen molar-refractivity contribution in [2.24, 2.45) is 0 Å². The molecule has 2 heterocycles. The third kappa shape index (κ3) is 3.31. The number of para-hydroxylation sites is 1. The Balaban J connectivity index is 2.10. The highest BCUT2D eigenvalue weighted by Gasteiger charge is 2.28. The third-order valence-corrected chi connectivity index (χ3v) is 4.93. The van der Waals surface area contributed by atoms with Gasteiger partial charge in [0.15, 0.2) is 11.3 Å². The smallest absolute Gasteiger partial charge is 0.355 e. The summed E-state index contributed by atoms with van der Waals surface area (Å²) in [4.78, 5) is 29.7. The van der Waals surface area contributed by atoms with Crippen LogP contribution in [0.1, 0.15) is 20.8 Å². The Labute approximate surface area is 177 Å². The lowest BCUT2D eigenvalue weighted by molar-refractivity contribution is 0.0647. The molecule has 0 atom stereocenters. The van der Waals surface area contributed by atoms with Crippen molar-refractivity contribution in [2.45, 2.75) is 0 Å². The molecule has 0 bridgehead atoms. The molecule has 0 aliphatic heterocycles. The fourth-order valence-electron chi connectivity index (χ4n) is 3.41. The van der Waals surface area contributed by atoms with Crippen LogP contribution in [0.3, 0.4) is 0 Å². The number of carboxylic acid groups (broad SMARTS) is 2. The summed E-state index contributed by atoms with van der Waals surface area (Å²) >= 11 is 0. The largest absolute Gasteiger partial charge is 0.478 e. The first-order valence-corrected chi connectivity index (χ1v) is 9.31. The van der Waals surface area contributed by atoms with Crippen LogP contribution in [0, 0.1) is 0 Å². The van der Waals surface area contributed by atoms with Gasteiger partial charge in [0.05, 0.1) is 16.8 Å². The summed E-state index contributed by atoms with van der Waals surface area (Å²) in [5, 5.41) is 24.1. The van der Waals surface area contributed by atoms with E-state index < -0.39 is 23.2 Å². The Morgan fingerprint density at radius 1 is 0.968 bits per heavy atom. The molecule has 2 aromatic carbocycles. The van der Waals surface area contributed by atoms with Crippen molar-refractivity contribution in [3.8, 4) is 16.9 Å². The van der Waals surface area contributed by atoms with Crippen molar-refractivity contribution in [1.29, 1.82) is 0 Å². The number of anilines is 2. The monoisotopic (exact) mass is 417 g/mol. The second kappa shape index (κ2) is 7.45. The second-order valence-corrected chi connectivity index (χ2v) is 7.10. The minimum Gasteiger partial charge on any atom is -0.478 e. The maximum absolute atomic E-state index is 11.8. The summed E-state index contributed by atoms with van der Waals surface area (Å²) in [7, 11) is 3.84. The number of nitrogens with zero attached hydrogens (tertiary/aromatic N) is 4. The summed E-state index contributed by atoms with van der Waals surface area (Å²) in [6.45, 7) is 0. The summed E-state index contributed by atoms with van der Waals surface area (Å²) in [5.74, 6) is -2.95. The van der Waals surface area contributed by atoms with Crippen LogP contribution in [0.5, 0.6) is 0 Å². The maximum atomic E-state index is 11.8. The summed E-state index contributed by atoms with van der Waals surface area (Å²) < 4.78 is 1.47. The molecule has 31 heavy (non-hydrogen) atoms. The molecule has 9 nitrogen and oxygen atoms in total. The van der Waals surface area contributed by atoms with E-state index in [4.69, 9.17) is 5.73 Å².